The van der Waals surface area contributed by atoms with E-state index in [2.05, 4.69) is 20.8 Å². The number of terminal acetylenes is 1. The van der Waals surface area contributed by atoms with E-state index in [9.17, 15) is 18.4 Å². The fourth-order valence-corrected chi connectivity index (χ4v) is 8.77. The SMILES string of the molecule is C#Cc1c(F)ccc2cccc(-c3ncc4c(N(C)[C@@H]5CCN(C(=O)/C=C/[C@H]6CCN6C(=O)OC(C)(C)C)C5)nc(OC[C@@]56CCCN5C[C@H](F)C6)nc4c3F)c12. The number of benzene rings is 2. The lowest BCUT2D eigenvalue weighted by Gasteiger charge is -2.39. The molecule has 4 fully saturated rings. The number of anilines is 1. The minimum Gasteiger partial charge on any atom is -0.461 e. The predicted octanol–water partition coefficient (Wildman–Crippen LogP) is 6.66. The van der Waals surface area contributed by atoms with Crippen LogP contribution in [0.15, 0.2) is 48.7 Å². The molecule has 14 heteroatoms. The van der Waals surface area contributed by atoms with Gasteiger partial charge >= 0.3 is 12.1 Å². The van der Waals surface area contributed by atoms with Crippen LogP contribution in [0.2, 0.25) is 0 Å². The molecule has 0 N–H and O–H groups in total. The average Bonchev–Trinajstić information content (AvgIpc) is 3.87. The van der Waals surface area contributed by atoms with Crippen molar-refractivity contribution in [2.75, 3.05) is 51.3 Å². The molecule has 8 rings (SSSR count). The van der Waals surface area contributed by atoms with Gasteiger partial charge in [-0.2, -0.15) is 9.97 Å². The average molecular weight is 782 g/mol. The molecular formula is C43H46F3N7O4. The molecule has 2 amide bonds. The Morgan fingerprint density at radius 2 is 1.93 bits per heavy atom. The van der Waals surface area contributed by atoms with E-state index in [0.717, 1.165) is 25.8 Å². The molecule has 0 unspecified atom stereocenters. The molecule has 57 heavy (non-hydrogen) atoms. The van der Waals surface area contributed by atoms with E-state index in [-0.39, 0.29) is 47.4 Å². The third kappa shape index (κ3) is 7.22. The fraction of sp³-hybridized carbons (Fsp3) is 0.465. The molecule has 4 saturated heterocycles. The second-order valence-corrected chi connectivity index (χ2v) is 16.6. The molecule has 298 valence electrons. The highest BCUT2D eigenvalue weighted by atomic mass is 19.1. The maximum absolute atomic E-state index is 17.0. The number of likely N-dealkylation sites (tertiary alicyclic amines) is 2. The van der Waals surface area contributed by atoms with Gasteiger partial charge in [0.05, 0.1) is 22.5 Å². The maximum Gasteiger partial charge on any atom is 0.410 e. The Bertz CT molecular complexity index is 2330. The molecule has 2 aromatic carbocycles. The number of fused-ring (bicyclic) bond motifs is 3. The lowest BCUT2D eigenvalue weighted by Crippen LogP contribution is -2.51. The van der Waals surface area contributed by atoms with Crippen molar-refractivity contribution in [2.24, 2.45) is 0 Å². The van der Waals surface area contributed by atoms with Crippen LogP contribution in [0.4, 0.5) is 23.8 Å². The van der Waals surface area contributed by atoms with Gasteiger partial charge in [-0.15, -0.1) is 6.42 Å². The summed E-state index contributed by atoms with van der Waals surface area (Å²) >= 11 is 0. The molecule has 0 radical (unpaired) electrons. The largest absolute Gasteiger partial charge is 0.461 e. The Balaban J connectivity index is 1.10. The van der Waals surface area contributed by atoms with Crippen LogP contribution in [-0.2, 0) is 9.53 Å². The van der Waals surface area contributed by atoms with Gasteiger partial charge in [-0.3, -0.25) is 14.7 Å². The van der Waals surface area contributed by atoms with Crippen LogP contribution in [0.1, 0.15) is 58.4 Å². The molecule has 2 aromatic heterocycles. The number of halogens is 3. The summed E-state index contributed by atoms with van der Waals surface area (Å²) in [5.41, 5.74) is -0.913. The predicted molar refractivity (Wildman–Crippen MR) is 211 cm³/mol. The van der Waals surface area contributed by atoms with Gasteiger partial charge in [-0.1, -0.05) is 36.3 Å². The highest BCUT2D eigenvalue weighted by Gasteiger charge is 2.49. The molecule has 6 heterocycles. The Morgan fingerprint density at radius 1 is 1.11 bits per heavy atom. The van der Waals surface area contributed by atoms with Gasteiger partial charge in [0.25, 0.3) is 0 Å². The van der Waals surface area contributed by atoms with Crippen LogP contribution < -0.4 is 9.64 Å². The number of likely N-dealkylation sites (N-methyl/N-ethyl adjacent to an activating group) is 1. The maximum atomic E-state index is 17.0. The van der Waals surface area contributed by atoms with Crippen LogP contribution >= 0.6 is 0 Å². The number of nitrogens with zero attached hydrogens (tertiary/aromatic N) is 7. The second-order valence-electron chi connectivity index (χ2n) is 16.6. The Morgan fingerprint density at radius 3 is 2.68 bits per heavy atom. The minimum absolute atomic E-state index is 0.00265. The molecule has 11 nitrogen and oxygen atoms in total. The van der Waals surface area contributed by atoms with Crippen molar-refractivity contribution in [3.05, 3.63) is 65.9 Å². The van der Waals surface area contributed by atoms with Gasteiger partial charge in [0.1, 0.15) is 41.2 Å². The minimum atomic E-state index is -0.960. The molecule has 4 aromatic rings. The van der Waals surface area contributed by atoms with Crippen molar-refractivity contribution in [1.82, 2.24) is 29.7 Å². The number of hydrogen-bond donors (Lipinski definition) is 0. The Labute approximate surface area is 329 Å². The van der Waals surface area contributed by atoms with Crippen LogP contribution in [-0.4, -0.2) is 117 Å². The van der Waals surface area contributed by atoms with Crippen molar-refractivity contribution in [3.8, 4) is 29.6 Å². The summed E-state index contributed by atoms with van der Waals surface area (Å²) < 4.78 is 58.4. The lowest BCUT2D eigenvalue weighted by atomic mass is 9.95. The van der Waals surface area contributed by atoms with Crippen LogP contribution in [0, 0.1) is 24.0 Å². The Kier molecular flexibility index (Phi) is 10.0. The lowest BCUT2D eigenvalue weighted by molar-refractivity contribution is -0.125. The molecule has 4 atom stereocenters. The first-order chi connectivity index (χ1) is 27.2. The van der Waals surface area contributed by atoms with Crippen molar-refractivity contribution in [2.45, 2.75) is 82.3 Å². The van der Waals surface area contributed by atoms with Gasteiger partial charge in [-0.05, 0) is 64.5 Å². The van der Waals surface area contributed by atoms with Crippen LogP contribution in [0.5, 0.6) is 6.01 Å². The standard InChI is InChI=1S/C43H46F3N7O4/c1-6-30-33(45)13-11-26-9-7-10-31(35(26)30)37-36(46)38-32(22-47-37)39(49-40(48-38)56-25-43-17-8-18-52(43)23-27(44)21-43)50(5)29-15-19-51(24-29)34(54)14-12-28-16-20-53(28)41(55)57-42(2,3)4/h1,7,9-14,22,27-29H,8,15-21,23-25H2,2-5H3/b14-12+/t27-,28+,29-,43+/m1/s1. The normalized spacial score (nSPS) is 23.6. The highest BCUT2D eigenvalue weighted by Crippen LogP contribution is 2.41. The number of hydrogen-bond acceptors (Lipinski definition) is 9. The van der Waals surface area contributed by atoms with E-state index in [1.807, 2.05) is 32.7 Å². The summed E-state index contributed by atoms with van der Waals surface area (Å²) in [6, 6.07) is 7.52. The number of rotatable bonds is 8. The first kappa shape index (κ1) is 38.5. The molecule has 0 saturated carbocycles. The Hall–Kier alpha value is -5.42. The third-order valence-electron chi connectivity index (χ3n) is 11.8. The zero-order valence-corrected chi connectivity index (χ0v) is 32.6. The van der Waals surface area contributed by atoms with E-state index in [0.29, 0.717) is 66.6 Å². The summed E-state index contributed by atoms with van der Waals surface area (Å²) in [6.45, 7) is 8.10. The van der Waals surface area contributed by atoms with Crippen molar-refractivity contribution < 1.29 is 32.2 Å². The monoisotopic (exact) mass is 781 g/mol. The van der Waals surface area contributed by atoms with Crippen molar-refractivity contribution in [3.63, 3.8) is 0 Å². The number of pyridine rings is 1. The summed E-state index contributed by atoms with van der Waals surface area (Å²) in [7, 11) is 1.83. The van der Waals surface area contributed by atoms with Crippen molar-refractivity contribution in [1.29, 1.82) is 0 Å². The van der Waals surface area contributed by atoms with E-state index in [1.165, 1.54) is 18.3 Å². The smallest absolute Gasteiger partial charge is 0.410 e. The number of alkyl halides is 1. The molecule has 4 aliphatic rings. The molecular weight excluding hydrogens is 736 g/mol. The molecule has 0 aliphatic carbocycles. The van der Waals surface area contributed by atoms with E-state index in [4.69, 9.17) is 20.9 Å². The fourth-order valence-electron chi connectivity index (χ4n) is 8.77. The number of ether oxygens (including phenoxy) is 2. The van der Waals surface area contributed by atoms with Crippen molar-refractivity contribution >= 4 is 39.5 Å². The zero-order valence-electron chi connectivity index (χ0n) is 32.6. The number of carbonyl (C=O) groups is 2. The van der Waals surface area contributed by atoms with Crippen LogP contribution in [0.3, 0.4) is 0 Å². The van der Waals surface area contributed by atoms with Gasteiger partial charge in [-0.25, -0.2) is 18.0 Å². The van der Waals surface area contributed by atoms with Gasteiger partial charge in [0, 0.05) is 68.9 Å². The van der Waals surface area contributed by atoms with Gasteiger partial charge < -0.3 is 24.2 Å². The van der Waals surface area contributed by atoms with Gasteiger partial charge in [0.2, 0.25) is 5.91 Å². The zero-order chi connectivity index (χ0) is 40.2. The first-order valence-corrected chi connectivity index (χ1v) is 19.5. The molecule has 4 aliphatic heterocycles. The summed E-state index contributed by atoms with van der Waals surface area (Å²) in [5, 5.41) is 1.30. The van der Waals surface area contributed by atoms with Gasteiger partial charge in [0.15, 0.2) is 5.82 Å². The quantitative estimate of drug-likeness (QED) is 0.143. The first-order valence-electron chi connectivity index (χ1n) is 19.5. The third-order valence-corrected chi connectivity index (χ3v) is 11.8. The summed E-state index contributed by atoms with van der Waals surface area (Å²) in [4.78, 5) is 47.2. The topological polar surface area (TPSA) is 104 Å². The summed E-state index contributed by atoms with van der Waals surface area (Å²) in [6.07, 6.45) is 12.5. The summed E-state index contributed by atoms with van der Waals surface area (Å²) in [5.74, 6) is 1.23. The number of carbonyl (C=O) groups excluding carboxylic acids is 2. The van der Waals surface area contributed by atoms with Crippen LogP contribution in [0.25, 0.3) is 32.9 Å². The number of amides is 2. The second kappa shape index (κ2) is 14.8. The molecule has 0 spiro atoms. The van der Waals surface area contributed by atoms with E-state index >= 15 is 4.39 Å². The van der Waals surface area contributed by atoms with E-state index < -0.39 is 35.0 Å². The highest BCUT2D eigenvalue weighted by molar-refractivity contribution is 6.02. The van der Waals surface area contributed by atoms with E-state index in [1.54, 1.807) is 40.1 Å². The number of aromatic nitrogens is 3. The molecule has 0 bridgehead atoms.